The first-order valence-corrected chi connectivity index (χ1v) is 9.78. The Morgan fingerprint density at radius 1 is 1.43 bits per heavy atom. The molecule has 1 fully saturated rings. The number of hydrogen-bond acceptors (Lipinski definition) is 4. The normalized spacial score (nSPS) is 22.6. The van der Waals surface area contributed by atoms with Crippen LogP contribution < -0.4 is 10.0 Å². The van der Waals surface area contributed by atoms with E-state index in [1.54, 1.807) is 12.1 Å². The molecule has 2 N–H and O–H groups in total. The van der Waals surface area contributed by atoms with Crippen molar-refractivity contribution in [2.45, 2.75) is 36.0 Å². The predicted molar refractivity (Wildman–Crippen MR) is 89.5 cm³/mol. The van der Waals surface area contributed by atoms with Crippen LogP contribution in [0, 0.1) is 0 Å². The van der Waals surface area contributed by atoms with E-state index in [-0.39, 0.29) is 14.7 Å². The van der Waals surface area contributed by atoms with E-state index < -0.39 is 10.0 Å². The number of rotatable bonds is 6. The van der Waals surface area contributed by atoms with Gasteiger partial charge in [0.05, 0.1) is 5.02 Å². The second-order valence-corrected chi connectivity index (χ2v) is 9.35. The van der Waals surface area contributed by atoms with Crippen LogP contribution in [0.1, 0.15) is 25.3 Å². The lowest BCUT2D eigenvalue weighted by atomic mass is 10.1. The van der Waals surface area contributed by atoms with E-state index in [1.807, 2.05) is 24.9 Å². The second kappa shape index (κ2) is 6.87. The lowest BCUT2D eigenvalue weighted by Gasteiger charge is -2.23. The first kappa shape index (κ1) is 17.1. The van der Waals surface area contributed by atoms with E-state index in [2.05, 4.69) is 17.0 Å². The molecule has 118 valence electrons. The van der Waals surface area contributed by atoms with Gasteiger partial charge in [0.15, 0.2) is 0 Å². The van der Waals surface area contributed by atoms with Crippen molar-refractivity contribution < 1.29 is 8.42 Å². The molecule has 0 saturated carbocycles. The maximum Gasteiger partial charge on any atom is 0.242 e. The molecule has 1 atom stereocenters. The van der Waals surface area contributed by atoms with Crippen molar-refractivity contribution in [1.29, 1.82) is 0 Å². The highest BCUT2D eigenvalue weighted by Crippen LogP contribution is 2.37. The summed E-state index contributed by atoms with van der Waals surface area (Å²) in [5.74, 6) is 1.09. The first-order chi connectivity index (χ1) is 9.86. The number of sulfonamides is 1. The second-order valence-electron chi connectivity index (χ2n) is 5.52. The molecule has 1 saturated heterocycles. The van der Waals surface area contributed by atoms with Gasteiger partial charge in [-0.2, -0.15) is 11.8 Å². The Morgan fingerprint density at radius 2 is 2.19 bits per heavy atom. The molecule has 0 bridgehead atoms. The molecular formula is C14H21ClN2O2S2. The fraction of sp³-hybridized carbons (Fsp3) is 0.571. The van der Waals surface area contributed by atoms with Crippen LogP contribution in [0.5, 0.6) is 0 Å². The number of halogens is 1. The number of hydrogen-bond donors (Lipinski definition) is 2. The van der Waals surface area contributed by atoms with E-state index in [4.69, 9.17) is 11.6 Å². The molecule has 1 aliphatic heterocycles. The van der Waals surface area contributed by atoms with E-state index in [1.165, 1.54) is 0 Å². The summed E-state index contributed by atoms with van der Waals surface area (Å²) in [6.07, 6.45) is 2.18. The molecular weight excluding hydrogens is 328 g/mol. The maximum absolute atomic E-state index is 12.5. The maximum atomic E-state index is 12.5. The molecule has 0 spiro atoms. The minimum absolute atomic E-state index is 0.0118. The van der Waals surface area contributed by atoms with Crippen LogP contribution in [0.4, 0.5) is 0 Å². The molecule has 0 radical (unpaired) electrons. The average molecular weight is 349 g/mol. The lowest BCUT2D eigenvalue weighted by molar-refractivity contribution is 0.552. The third-order valence-corrected chi connectivity index (χ3v) is 7.02. The summed E-state index contributed by atoms with van der Waals surface area (Å²) >= 11 is 7.89. The van der Waals surface area contributed by atoms with Crippen molar-refractivity contribution in [1.82, 2.24) is 10.0 Å². The summed E-state index contributed by atoms with van der Waals surface area (Å²) in [6, 6.07) is 5.09. The van der Waals surface area contributed by atoms with Crippen molar-refractivity contribution in [3.63, 3.8) is 0 Å². The first-order valence-electron chi connectivity index (χ1n) is 6.93. The van der Waals surface area contributed by atoms with Gasteiger partial charge in [-0.3, -0.25) is 0 Å². The molecule has 1 aromatic carbocycles. The van der Waals surface area contributed by atoms with Crippen molar-refractivity contribution in [2.24, 2.45) is 0 Å². The highest BCUT2D eigenvalue weighted by Gasteiger charge is 2.31. The van der Waals surface area contributed by atoms with Crippen molar-refractivity contribution in [2.75, 3.05) is 19.3 Å². The topological polar surface area (TPSA) is 58.2 Å². The van der Waals surface area contributed by atoms with Gasteiger partial charge in [0, 0.05) is 17.8 Å². The Morgan fingerprint density at radius 3 is 2.81 bits per heavy atom. The van der Waals surface area contributed by atoms with Gasteiger partial charge in [-0.25, -0.2) is 13.1 Å². The van der Waals surface area contributed by atoms with Gasteiger partial charge < -0.3 is 5.32 Å². The molecule has 4 nitrogen and oxygen atoms in total. The lowest BCUT2D eigenvalue weighted by Crippen LogP contribution is -2.36. The Labute approximate surface area is 136 Å². The van der Waals surface area contributed by atoms with Gasteiger partial charge in [0.25, 0.3) is 0 Å². The molecule has 2 rings (SSSR count). The minimum atomic E-state index is -3.58. The van der Waals surface area contributed by atoms with Gasteiger partial charge in [0.2, 0.25) is 10.0 Å². The fourth-order valence-electron chi connectivity index (χ4n) is 2.37. The molecule has 1 aromatic rings. The summed E-state index contributed by atoms with van der Waals surface area (Å²) in [5.41, 5.74) is 0.892. The third-order valence-electron chi connectivity index (χ3n) is 3.60. The monoisotopic (exact) mass is 348 g/mol. The molecule has 7 heteroatoms. The van der Waals surface area contributed by atoms with E-state index in [0.29, 0.717) is 13.1 Å². The summed E-state index contributed by atoms with van der Waals surface area (Å²) in [4.78, 5) is 0.156. The van der Waals surface area contributed by atoms with Crippen LogP contribution in [0.3, 0.4) is 0 Å². The van der Waals surface area contributed by atoms with Crippen LogP contribution in [-0.2, 0) is 16.6 Å². The zero-order chi connectivity index (χ0) is 15.5. The van der Waals surface area contributed by atoms with Crippen molar-refractivity contribution in [3.8, 4) is 0 Å². The highest BCUT2D eigenvalue weighted by molar-refractivity contribution is 8.01. The van der Waals surface area contributed by atoms with Crippen LogP contribution >= 0.6 is 23.4 Å². The van der Waals surface area contributed by atoms with Crippen LogP contribution in [0.2, 0.25) is 5.02 Å². The zero-order valence-electron chi connectivity index (χ0n) is 12.3. The average Bonchev–Trinajstić information content (AvgIpc) is 2.87. The van der Waals surface area contributed by atoms with Gasteiger partial charge in [-0.05, 0) is 50.3 Å². The van der Waals surface area contributed by atoms with Gasteiger partial charge in [0.1, 0.15) is 4.90 Å². The van der Waals surface area contributed by atoms with Gasteiger partial charge >= 0.3 is 0 Å². The summed E-state index contributed by atoms with van der Waals surface area (Å²) < 4.78 is 27.7. The Bertz CT molecular complexity index is 599. The van der Waals surface area contributed by atoms with E-state index >= 15 is 0 Å². The Balaban J connectivity index is 2.16. The standard InChI is InChI=1S/C14H21ClN2O2S2/c1-14(6-3-7-20-14)10-17-21(18,19)13-8-11(9-16-2)4-5-12(13)15/h4-5,8,16-17H,3,6-7,9-10H2,1-2H3. The largest absolute Gasteiger partial charge is 0.316 e. The number of nitrogens with one attached hydrogen (secondary N) is 2. The molecule has 1 aliphatic rings. The summed E-state index contributed by atoms with van der Waals surface area (Å²) in [5, 5.41) is 3.26. The van der Waals surface area contributed by atoms with Gasteiger partial charge in [-0.15, -0.1) is 0 Å². The smallest absolute Gasteiger partial charge is 0.242 e. The van der Waals surface area contributed by atoms with E-state index in [0.717, 1.165) is 24.2 Å². The zero-order valence-corrected chi connectivity index (χ0v) is 14.7. The molecule has 1 heterocycles. The Hall–Kier alpha value is -0.270. The summed E-state index contributed by atoms with van der Waals surface area (Å²) in [7, 11) is -1.76. The number of thioether (sulfide) groups is 1. The van der Waals surface area contributed by atoms with E-state index in [9.17, 15) is 8.42 Å². The SMILES string of the molecule is CNCc1ccc(Cl)c(S(=O)(=O)NCC2(C)CCCS2)c1. The minimum Gasteiger partial charge on any atom is -0.316 e. The van der Waals surface area contributed by atoms with Gasteiger partial charge in [-0.1, -0.05) is 17.7 Å². The summed E-state index contributed by atoms with van der Waals surface area (Å²) in [6.45, 7) is 3.14. The fourth-order valence-corrected chi connectivity index (χ4v) is 5.42. The van der Waals surface area contributed by atoms with Crippen molar-refractivity contribution in [3.05, 3.63) is 28.8 Å². The predicted octanol–water partition coefficient (Wildman–Crippen LogP) is 2.62. The van der Waals surface area contributed by atoms with Crippen LogP contribution in [-0.4, -0.2) is 32.5 Å². The molecule has 0 aromatic heterocycles. The highest BCUT2D eigenvalue weighted by atomic mass is 35.5. The molecule has 0 aliphatic carbocycles. The van der Waals surface area contributed by atoms with Crippen molar-refractivity contribution >= 4 is 33.4 Å². The quantitative estimate of drug-likeness (QED) is 0.829. The number of benzene rings is 1. The van der Waals surface area contributed by atoms with Crippen LogP contribution in [0.25, 0.3) is 0 Å². The molecule has 21 heavy (non-hydrogen) atoms. The van der Waals surface area contributed by atoms with Crippen LogP contribution in [0.15, 0.2) is 23.1 Å². The Kier molecular flexibility index (Phi) is 5.59. The molecule has 0 amide bonds. The molecule has 1 unspecified atom stereocenters. The third kappa shape index (κ3) is 4.36.